The van der Waals surface area contributed by atoms with Gasteiger partial charge < -0.3 is 9.54 Å². The number of nitrogens with one attached hydrogen (secondary N) is 1. The van der Waals surface area contributed by atoms with Crippen LogP contribution in [-0.4, -0.2) is 18.7 Å². The quantitative estimate of drug-likeness (QED) is 0.424. The molecule has 0 spiro atoms. The SMILES string of the molecule is O=c1cnc2cc(S(=O)[O-])ccc2[nH]1.[Na+]. The first-order valence-corrected chi connectivity index (χ1v) is 4.83. The maximum absolute atomic E-state index is 10.9. The van der Waals surface area contributed by atoms with Gasteiger partial charge in [-0.05, 0) is 29.3 Å². The Morgan fingerprint density at radius 2 is 2.13 bits per heavy atom. The largest absolute Gasteiger partial charge is 1.00 e. The number of hydrogen-bond donors (Lipinski definition) is 1. The number of H-pyrrole nitrogens is 1. The van der Waals surface area contributed by atoms with Crippen molar-refractivity contribution in [2.24, 2.45) is 0 Å². The molecule has 0 aliphatic heterocycles. The van der Waals surface area contributed by atoms with Gasteiger partial charge in [0.25, 0.3) is 5.56 Å². The molecule has 0 saturated carbocycles. The van der Waals surface area contributed by atoms with Crippen LogP contribution in [-0.2, 0) is 11.1 Å². The summed E-state index contributed by atoms with van der Waals surface area (Å²) >= 11 is -2.27. The first-order chi connectivity index (χ1) is 6.66. The van der Waals surface area contributed by atoms with Crippen molar-refractivity contribution in [2.75, 3.05) is 0 Å². The van der Waals surface area contributed by atoms with Crippen LogP contribution >= 0.6 is 0 Å². The summed E-state index contributed by atoms with van der Waals surface area (Å²) in [5, 5.41) is 0. The Labute approximate surface area is 110 Å². The summed E-state index contributed by atoms with van der Waals surface area (Å²) in [6.07, 6.45) is 1.11. The van der Waals surface area contributed by atoms with Gasteiger partial charge in [-0.2, -0.15) is 0 Å². The van der Waals surface area contributed by atoms with Crippen molar-refractivity contribution in [1.82, 2.24) is 9.97 Å². The molecule has 0 aliphatic rings. The van der Waals surface area contributed by atoms with Crippen LogP contribution in [0.25, 0.3) is 11.0 Å². The van der Waals surface area contributed by atoms with Gasteiger partial charge in [0.2, 0.25) is 0 Å². The Morgan fingerprint density at radius 3 is 2.80 bits per heavy atom. The molecule has 0 aliphatic carbocycles. The van der Waals surface area contributed by atoms with Crippen molar-refractivity contribution in [3.05, 3.63) is 34.7 Å². The van der Waals surface area contributed by atoms with Crippen molar-refractivity contribution in [3.63, 3.8) is 0 Å². The van der Waals surface area contributed by atoms with E-state index in [4.69, 9.17) is 0 Å². The van der Waals surface area contributed by atoms with Crippen LogP contribution in [0.1, 0.15) is 0 Å². The van der Waals surface area contributed by atoms with Gasteiger partial charge in [-0.25, -0.2) is 4.98 Å². The predicted molar refractivity (Wildman–Crippen MR) is 49.5 cm³/mol. The minimum atomic E-state index is -2.27. The third kappa shape index (κ3) is 2.73. The fourth-order valence-electron chi connectivity index (χ4n) is 1.12. The van der Waals surface area contributed by atoms with E-state index in [1.807, 2.05) is 0 Å². The number of benzene rings is 1. The fourth-order valence-corrected chi connectivity index (χ4v) is 1.51. The van der Waals surface area contributed by atoms with Crippen LogP contribution in [0.4, 0.5) is 0 Å². The standard InChI is InChI=1S/C8H6N2O3S.Na/c11-8-4-9-7-3-5(14(12)13)1-2-6(7)10-8;/h1-4H,(H,10,11)(H,12,13);/q;+1/p-1. The molecule has 0 saturated heterocycles. The summed E-state index contributed by atoms with van der Waals surface area (Å²) < 4.78 is 21.2. The first-order valence-electron chi connectivity index (χ1n) is 3.75. The van der Waals surface area contributed by atoms with Crippen molar-refractivity contribution in [3.8, 4) is 0 Å². The van der Waals surface area contributed by atoms with Crippen molar-refractivity contribution >= 4 is 22.1 Å². The van der Waals surface area contributed by atoms with E-state index in [0.717, 1.165) is 6.20 Å². The van der Waals surface area contributed by atoms with E-state index in [0.29, 0.717) is 11.0 Å². The Balaban J connectivity index is 0.00000112. The van der Waals surface area contributed by atoms with Gasteiger partial charge in [0.05, 0.1) is 17.2 Å². The van der Waals surface area contributed by atoms with Crippen molar-refractivity contribution < 1.29 is 38.3 Å². The Bertz CT molecular complexity index is 569. The molecule has 0 fully saturated rings. The Hall–Kier alpha value is -0.530. The molecule has 5 nitrogen and oxygen atoms in total. The number of fused-ring (bicyclic) bond motifs is 1. The third-order valence-corrected chi connectivity index (χ3v) is 2.38. The van der Waals surface area contributed by atoms with Gasteiger partial charge in [-0.3, -0.25) is 9.00 Å². The molecule has 1 heterocycles. The zero-order chi connectivity index (χ0) is 10.1. The van der Waals surface area contributed by atoms with E-state index in [1.165, 1.54) is 18.2 Å². The average Bonchev–Trinajstić information content (AvgIpc) is 2.16. The molecule has 72 valence electrons. The maximum Gasteiger partial charge on any atom is 1.00 e. The molecule has 15 heavy (non-hydrogen) atoms. The second-order valence-corrected chi connectivity index (χ2v) is 3.60. The molecule has 0 radical (unpaired) electrons. The normalized spacial score (nSPS) is 12.1. The minimum Gasteiger partial charge on any atom is -0.768 e. The summed E-state index contributed by atoms with van der Waals surface area (Å²) in [4.78, 5) is 17.4. The molecule has 1 atom stereocenters. The molecule has 2 rings (SSSR count). The van der Waals surface area contributed by atoms with E-state index in [-0.39, 0.29) is 40.0 Å². The fraction of sp³-hybridized carbons (Fsp3) is 0. The second kappa shape index (κ2) is 5.00. The van der Waals surface area contributed by atoms with E-state index < -0.39 is 11.1 Å². The van der Waals surface area contributed by atoms with Crippen LogP contribution in [0, 0.1) is 0 Å². The van der Waals surface area contributed by atoms with Crippen LogP contribution in [0.2, 0.25) is 0 Å². The summed E-state index contributed by atoms with van der Waals surface area (Å²) in [6, 6.07) is 4.31. The number of hydrogen-bond acceptors (Lipinski definition) is 4. The summed E-state index contributed by atoms with van der Waals surface area (Å²) in [7, 11) is 0. The Morgan fingerprint density at radius 1 is 1.40 bits per heavy atom. The van der Waals surface area contributed by atoms with Crippen molar-refractivity contribution in [1.29, 1.82) is 0 Å². The molecule has 1 N–H and O–H groups in total. The predicted octanol–water partition coefficient (Wildman–Crippen LogP) is -2.83. The first kappa shape index (κ1) is 12.5. The smallest absolute Gasteiger partial charge is 0.768 e. The summed E-state index contributed by atoms with van der Waals surface area (Å²) in [6.45, 7) is 0. The second-order valence-electron chi connectivity index (χ2n) is 2.66. The topological polar surface area (TPSA) is 85.9 Å². The monoisotopic (exact) mass is 232 g/mol. The van der Waals surface area contributed by atoms with Crippen LogP contribution in [0.3, 0.4) is 0 Å². The number of rotatable bonds is 1. The van der Waals surface area contributed by atoms with Gasteiger partial charge in [0, 0.05) is 4.90 Å². The summed E-state index contributed by atoms with van der Waals surface area (Å²) in [5.41, 5.74) is 0.659. The van der Waals surface area contributed by atoms with Gasteiger partial charge in [0.15, 0.2) is 0 Å². The third-order valence-electron chi connectivity index (χ3n) is 1.74. The maximum atomic E-state index is 10.9. The zero-order valence-corrected chi connectivity index (χ0v) is 10.7. The molecular formula is C8H5N2NaO3S. The van der Waals surface area contributed by atoms with E-state index in [9.17, 15) is 13.6 Å². The zero-order valence-electron chi connectivity index (χ0n) is 7.89. The average molecular weight is 232 g/mol. The van der Waals surface area contributed by atoms with Crippen LogP contribution < -0.4 is 35.1 Å². The summed E-state index contributed by atoms with van der Waals surface area (Å²) in [5.74, 6) is 0. The molecule has 0 amide bonds. The van der Waals surface area contributed by atoms with E-state index in [1.54, 1.807) is 0 Å². The van der Waals surface area contributed by atoms with Gasteiger partial charge in [-0.15, -0.1) is 0 Å². The molecule has 2 aromatic rings. The van der Waals surface area contributed by atoms with Gasteiger partial charge in [-0.1, -0.05) is 0 Å². The number of nitrogens with zero attached hydrogens (tertiary/aromatic N) is 1. The van der Waals surface area contributed by atoms with Crippen molar-refractivity contribution in [2.45, 2.75) is 4.90 Å². The number of aromatic amines is 1. The molecule has 0 bridgehead atoms. The molecule has 7 heteroatoms. The Kier molecular flexibility index (Phi) is 4.18. The van der Waals surface area contributed by atoms with Gasteiger partial charge >= 0.3 is 29.6 Å². The van der Waals surface area contributed by atoms with Crippen LogP contribution in [0.15, 0.2) is 34.1 Å². The molecule has 1 unspecified atom stereocenters. The molecular weight excluding hydrogens is 227 g/mol. The number of aromatic nitrogens is 2. The molecule has 1 aromatic carbocycles. The van der Waals surface area contributed by atoms with Crippen LogP contribution in [0.5, 0.6) is 0 Å². The van der Waals surface area contributed by atoms with E-state index >= 15 is 0 Å². The molecule has 1 aromatic heterocycles. The minimum absolute atomic E-state index is 0. The van der Waals surface area contributed by atoms with E-state index in [2.05, 4.69) is 9.97 Å². The van der Waals surface area contributed by atoms with Gasteiger partial charge in [0.1, 0.15) is 0 Å².